The number of nitrogens with one attached hydrogen (secondary N) is 1. The van der Waals surface area contributed by atoms with Gasteiger partial charge in [-0.05, 0) is 54.6 Å². The van der Waals surface area contributed by atoms with E-state index < -0.39 is 46.4 Å². The van der Waals surface area contributed by atoms with E-state index in [0.717, 1.165) is 16.3 Å². The molecule has 1 aliphatic rings. The zero-order valence-corrected chi connectivity index (χ0v) is 22.6. The number of rotatable bonds is 9. The number of anilines is 1. The van der Waals surface area contributed by atoms with Crippen molar-refractivity contribution >= 4 is 35.4 Å². The molecule has 0 aliphatic carbocycles. The minimum absolute atomic E-state index is 0.0135. The highest BCUT2D eigenvalue weighted by molar-refractivity contribution is 8.00. The maximum atomic E-state index is 15.9. The molecule has 1 fully saturated rings. The molecule has 2 aromatic carbocycles. The second-order valence-corrected chi connectivity index (χ2v) is 9.98. The molecule has 11 nitrogen and oxygen atoms in total. The SMILES string of the molecule is COc1ccc(C(=O)OC[C@H]2S[C@@H](n3ccc(NC(C)=O)nc3=O)[C@@H](F)[C@@H]2OC(=O)c2ccc(OC)cc2)cc1. The van der Waals surface area contributed by atoms with Crippen molar-refractivity contribution in [2.45, 2.75) is 29.8 Å². The molecule has 0 bridgehead atoms. The number of aromatic nitrogens is 2. The first kappa shape index (κ1) is 28.6. The first-order chi connectivity index (χ1) is 19.2. The van der Waals surface area contributed by atoms with E-state index in [4.69, 9.17) is 18.9 Å². The summed E-state index contributed by atoms with van der Waals surface area (Å²) in [5.74, 6) is -0.795. The Hall–Kier alpha value is -4.39. The molecule has 4 rings (SSSR count). The zero-order valence-electron chi connectivity index (χ0n) is 21.7. The molecule has 0 spiro atoms. The zero-order chi connectivity index (χ0) is 28.8. The smallest absolute Gasteiger partial charge is 0.350 e. The van der Waals surface area contributed by atoms with Crippen LogP contribution in [-0.4, -0.2) is 65.7 Å². The average molecular weight is 572 g/mol. The number of halogens is 1. The number of esters is 2. The second kappa shape index (κ2) is 12.6. The number of carbonyl (C=O) groups is 3. The normalized spacial score (nSPS) is 19.9. The first-order valence-corrected chi connectivity index (χ1v) is 13.0. The predicted octanol–water partition coefficient (Wildman–Crippen LogP) is 3.25. The highest BCUT2D eigenvalue weighted by atomic mass is 32.2. The molecule has 210 valence electrons. The molecule has 1 saturated heterocycles. The molecule has 0 saturated carbocycles. The van der Waals surface area contributed by atoms with Gasteiger partial charge >= 0.3 is 17.6 Å². The van der Waals surface area contributed by atoms with E-state index >= 15 is 4.39 Å². The summed E-state index contributed by atoms with van der Waals surface area (Å²) in [6.45, 7) is 0.955. The van der Waals surface area contributed by atoms with Crippen LogP contribution in [0.4, 0.5) is 10.2 Å². The van der Waals surface area contributed by atoms with Crippen molar-refractivity contribution in [2.75, 3.05) is 26.1 Å². The standard InChI is InChI=1S/C27H26FN3O8S/c1-15(32)29-21-12-13-31(27(35)30-21)24-22(28)23(39-26(34)17-6-10-19(37-3)11-7-17)20(40-24)14-38-25(33)16-4-8-18(36-2)9-5-16/h4-13,20,22-24H,14H2,1-3H3,(H,29,30,32,35)/t20-,22+,23-,24-/m1/s1. The van der Waals surface area contributed by atoms with Gasteiger partial charge in [0, 0.05) is 13.1 Å². The van der Waals surface area contributed by atoms with Crippen molar-refractivity contribution in [3.8, 4) is 11.5 Å². The molecular formula is C27H26FN3O8S. The number of hydrogen-bond donors (Lipinski definition) is 1. The van der Waals surface area contributed by atoms with E-state index in [2.05, 4.69) is 10.3 Å². The average Bonchev–Trinajstić information content (AvgIpc) is 3.25. The van der Waals surface area contributed by atoms with Crippen molar-refractivity contribution in [3.05, 3.63) is 82.4 Å². The Balaban J connectivity index is 1.55. The number of carbonyl (C=O) groups excluding carboxylic acids is 3. The van der Waals surface area contributed by atoms with Crippen molar-refractivity contribution in [2.24, 2.45) is 0 Å². The largest absolute Gasteiger partial charge is 0.497 e. The van der Waals surface area contributed by atoms with Gasteiger partial charge in [0.15, 0.2) is 12.3 Å². The molecular weight excluding hydrogens is 545 g/mol. The van der Waals surface area contributed by atoms with Crippen LogP contribution < -0.4 is 20.5 Å². The summed E-state index contributed by atoms with van der Waals surface area (Å²) in [4.78, 5) is 53.3. The summed E-state index contributed by atoms with van der Waals surface area (Å²) in [7, 11) is 2.98. The van der Waals surface area contributed by atoms with Crippen LogP contribution in [0, 0.1) is 0 Å². The van der Waals surface area contributed by atoms with Crippen LogP contribution in [0.15, 0.2) is 65.6 Å². The van der Waals surface area contributed by atoms with Crippen molar-refractivity contribution in [1.29, 1.82) is 0 Å². The summed E-state index contributed by atoms with van der Waals surface area (Å²) in [5, 5.41) is 0.389. The summed E-state index contributed by atoms with van der Waals surface area (Å²) < 4.78 is 38.1. The Morgan fingerprint density at radius 3 is 2.05 bits per heavy atom. The van der Waals surface area contributed by atoms with Gasteiger partial charge < -0.3 is 24.3 Å². The predicted molar refractivity (Wildman–Crippen MR) is 144 cm³/mol. The number of methoxy groups -OCH3 is 2. The second-order valence-electron chi connectivity index (χ2n) is 8.62. The lowest BCUT2D eigenvalue weighted by Crippen LogP contribution is -2.37. The van der Waals surface area contributed by atoms with Crippen LogP contribution in [0.1, 0.15) is 33.0 Å². The highest BCUT2D eigenvalue weighted by Gasteiger charge is 2.49. The quantitative estimate of drug-likeness (QED) is 0.381. The molecule has 0 radical (unpaired) electrons. The monoisotopic (exact) mass is 571 g/mol. The van der Waals surface area contributed by atoms with Crippen LogP contribution in [0.25, 0.3) is 0 Å². The lowest BCUT2D eigenvalue weighted by atomic mass is 10.1. The molecule has 3 aromatic rings. The molecule has 1 amide bonds. The highest BCUT2D eigenvalue weighted by Crippen LogP contribution is 2.45. The molecule has 1 N–H and O–H groups in total. The van der Waals surface area contributed by atoms with Gasteiger partial charge in [-0.25, -0.2) is 18.8 Å². The Kier molecular flexibility index (Phi) is 9.04. The van der Waals surface area contributed by atoms with Crippen LogP contribution in [0.2, 0.25) is 0 Å². The molecule has 13 heteroatoms. The maximum absolute atomic E-state index is 15.9. The number of amides is 1. The fraction of sp³-hybridized carbons (Fsp3) is 0.296. The number of benzene rings is 2. The third kappa shape index (κ3) is 6.60. The van der Waals surface area contributed by atoms with Gasteiger partial charge in [-0.1, -0.05) is 0 Å². The minimum atomic E-state index is -1.86. The lowest BCUT2D eigenvalue weighted by Gasteiger charge is -2.21. The Morgan fingerprint density at radius 1 is 0.950 bits per heavy atom. The van der Waals surface area contributed by atoms with Gasteiger partial charge in [0.05, 0.1) is 30.6 Å². The van der Waals surface area contributed by atoms with Crippen molar-refractivity contribution in [3.63, 3.8) is 0 Å². The van der Waals surface area contributed by atoms with Crippen LogP contribution in [0.5, 0.6) is 11.5 Å². The van der Waals surface area contributed by atoms with Gasteiger partial charge in [-0.3, -0.25) is 9.36 Å². The molecule has 2 heterocycles. The summed E-state index contributed by atoms with van der Waals surface area (Å²) in [6.07, 6.45) is -1.93. The number of alkyl halides is 1. The third-order valence-corrected chi connectivity index (χ3v) is 7.47. The first-order valence-electron chi connectivity index (χ1n) is 12.0. The molecule has 1 aromatic heterocycles. The van der Waals surface area contributed by atoms with Crippen molar-refractivity contribution < 1.29 is 37.7 Å². The van der Waals surface area contributed by atoms with Crippen LogP contribution >= 0.6 is 11.8 Å². The Labute approximate surface area is 232 Å². The van der Waals surface area contributed by atoms with E-state index in [1.54, 1.807) is 24.3 Å². The number of thioether (sulfide) groups is 1. The molecule has 0 unspecified atom stereocenters. The topological polar surface area (TPSA) is 135 Å². The maximum Gasteiger partial charge on any atom is 0.350 e. The number of hydrogen-bond acceptors (Lipinski definition) is 10. The molecule has 1 aliphatic heterocycles. The molecule has 40 heavy (non-hydrogen) atoms. The lowest BCUT2D eigenvalue weighted by molar-refractivity contribution is -0.114. The molecule has 4 atom stereocenters. The minimum Gasteiger partial charge on any atom is -0.497 e. The van der Waals surface area contributed by atoms with E-state index in [0.29, 0.717) is 11.5 Å². The number of ether oxygens (including phenoxy) is 4. The summed E-state index contributed by atoms with van der Waals surface area (Å²) in [6, 6.07) is 13.7. The Morgan fingerprint density at radius 2 is 1.52 bits per heavy atom. The van der Waals surface area contributed by atoms with E-state index in [-0.39, 0.29) is 23.6 Å². The van der Waals surface area contributed by atoms with Crippen molar-refractivity contribution in [1.82, 2.24) is 9.55 Å². The van der Waals surface area contributed by atoms with E-state index in [1.807, 2.05) is 0 Å². The summed E-state index contributed by atoms with van der Waals surface area (Å²) >= 11 is 0.967. The van der Waals surface area contributed by atoms with Gasteiger partial charge in [-0.2, -0.15) is 4.98 Å². The fourth-order valence-corrected chi connectivity index (χ4v) is 5.40. The van der Waals surface area contributed by atoms with E-state index in [1.165, 1.54) is 57.7 Å². The fourth-order valence-electron chi connectivity index (χ4n) is 3.94. The van der Waals surface area contributed by atoms with Gasteiger partial charge in [0.2, 0.25) is 5.91 Å². The Bertz CT molecular complexity index is 1430. The van der Waals surface area contributed by atoms with Gasteiger partial charge in [-0.15, -0.1) is 11.8 Å². The van der Waals surface area contributed by atoms with Gasteiger partial charge in [0.1, 0.15) is 29.3 Å². The van der Waals surface area contributed by atoms with Crippen LogP contribution in [-0.2, 0) is 14.3 Å². The van der Waals surface area contributed by atoms with E-state index in [9.17, 15) is 19.2 Å². The van der Waals surface area contributed by atoms with Gasteiger partial charge in [0.25, 0.3) is 0 Å². The third-order valence-electron chi connectivity index (χ3n) is 5.95. The number of nitrogens with zero attached hydrogens (tertiary/aromatic N) is 2. The van der Waals surface area contributed by atoms with Crippen LogP contribution in [0.3, 0.4) is 0 Å². The summed E-state index contributed by atoms with van der Waals surface area (Å²) in [5.41, 5.74) is -0.408.